The van der Waals surface area contributed by atoms with E-state index in [2.05, 4.69) is 10.3 Å². The molecule has 1 amide bonds. The van der Waals surface area contributed by atoms with Crippen LogP contribution in [0.5, 0.6) is 0 Å². The van der Waals surface area contributed by atoms with E-state index >= 15 is 0 Å². The van der Waals surface area contributed by atoms with Gasteiger partial charge >= 0.3 is 5.97 Å². The average Bonchev–Trinajstić information content (AvgIpc) is 2.47. The van der Waals surface area contributed by atoms with Crippen LogP contribution in [-0.4, -0.2) is 28.0 Å². The maximum absolute atomic E-state index is 12.2. The molecular weight excluding hydrogens is 315 g/mol. The molecule has 0 aromatic carbocycles. The number of rotatable bonds is 4. The van der Waals surface area contributed by atoms with Crippen LogP contribution in [0.1, 0.15) is 42.6 Å². The van der Waals surface area contributed by atoms with Crippen molar-refractivity contribution in [2.45, 2.75) is 38.1 Å². The molecule has 1 unspecified atom stereocenters. The van der Waals surface area contributed by atoms with Gasteiger partial charge in [0, 0.05) is 0 Å². The number of pyridine rings is 1. The molecule has 2 rings (SSSR count). The van der Waals surface area contributed by atoms with Gasteiger partial charge in [0.05, 0.1) is 5.02 Å². The third-order valence-electron chi connectivity index (χ3n) is 3.70. The summed E-state index contributed by atoms with van der Waals surface area (Å²) < 4.78 is 0. The lowest BCUT2D eigenvalue weighted by atomic mass is 9.84. The van der Waals surface area contributed by atoms with Crippen molar-refractivity contribution in [2.24, 2.45) is 5.92 Å². The maximum Gasteiger partial charge on any atom is 0.326 e. The minimum Gasteiger partial charge on any atom is -0.480 e. The monoisotopic (exact) mass is 330 g/mol. The van der Waals surface area contributed by atoms with E-state index in [1.54, 1.807) is 0 Å². The number of halogens is 2. The molecule has 1 heterocycles. The van der Waals surface area contributed by atoms with Crippen molar-refractivity contribution in [2.75, 3.05) is 0 Å². The molecule has 1 aliphatic carbocycles. The number of nitrogens with zero attached hydrogens (tertiary/aromatic N) is 1. The summed E-state index contributed by atoms with van der Waals surface area (Å²) in [6, 6.07) is 2.01. The van der Waals surface area contributed by atoms with Crippen LogP contribution in [-0.2, 0) is 4.79 Å². The van der Waals surface area contributed by atoms with Gasteiger partial charge in [0.25, 0.3) is 5.91 Å². The van der Waals surface area contributed by atoms with E-state index in [4.69, 9.17) is 23.2 Å². The molecule has 114 valence electrons. The molecule has 5 nitrogen and oxygen atoms in total. The topological polar surface area (TPSA) is 79.3 Å². The number of hydrogen-bond donors (Lipinski definition) is 2. The van der Waals surface area contributed by atoms with E-state index in [1.807, 2.05) is 0 Å². The summed E-state index contributed by atoms with van der Waals surface area (Å²) >= 11 is 11.7. The van der Waals surface area contributed by atoms with Gasteiger partial charge in [0.2, 0.25) is 0 Å². The number of nitrogens with one attached hydrogen (secondary N) is 1. The first-order valence-corrected chi connectivity index (χ1v) is 7.60. The number of hydrogen-bond acceptors (Lipinski definition) is 3. The number of amides is 1. The van der Waals surface area contributed by atoms with Gasteiger partial charge in [0.1, 0.15) is 16.9 Å². The maximum atomic E-state index is 12.2. The average molecular weight is 331 g/mol. The first-order valence-electron chi connectivity index (χ1n) is 6.84. The predicted molar refractivity (Wildman–Crippen MR) is 79.7 cm³/mol. The molecule has 1 saturated carbocycles. The summed E-state index contributed by atoms with van der Waals surface area (Å²) in [5.74, 6) is -1.70. The second kappa shape index (κ2) is 7.09. The molecule has 0 spiro atoms. The Morgan fingerprint density at radius 2 is 1.90 bits per heavy atom. The highest BCUT2D eigenvalue weighted by Crippen LogP contribution is 2.27. The van der Waals surface area contributed by atoms with Crippen LogP contribution in [0, 0.1) is 5.92 Å². The highest BCUT2D eigenvalue weighted by atomic mass is 35.5. The first kappa shape index (κ1) is 16.0. The van der Waals surface area contributed by atoms with Crippen molar-refractivity contribution in [1.82, 2.24) is 10.3 Å². The third-order valence-corrected chi connectivity index (χ3v) is 4.22. The second-order valence-electron chi connectivity index (χ2n) is 5.15. The minimum absolute atomic E-state index is 0.0498. The SMILES string of the molecule is O=C(NC(C(=O)O)C1CCCCC1)c1nc(Cl)ccc1Cl. The van der Waals surface area contributed by atoms with Crippen LogP contribution in [0.25, 0.3) is 0 Å². The van der Waals surface area contributed by atoms with Crippen LogP contribution in [0.15, 0.2) is 12.1 Å². The minimum atomic E-state index is -1.03. The molecule has 0 radical (unpaired) electrons. The molecule has 21 heavy (non-hydrogen) atoms. The molecule has 1 fully saturated rings. The van der Waals surface area contributed by atoms with E-state index < -0.39 is 17.9 Å². The number of carbonyl (C=O) groups is 2. The van der Waals surface area contributed by atoms with Gasteiger partial charge in [-0.25, -0.2) is 9.78 Å². The lowest BCUT2D eigenvalue weighted by molar-refractivity contribution is -0.141. The van der Waals surface area contributed by atoms with Crippen molar-refractivity contribution in [3.63, 3.8) is 0 Å². The number of carbonyl (C=O) groups excluding carboxylic acids is 1. The van der Waals surface area contributed by atoms with E-state index in [0.29, 0.717) is 0 Å². The molecule has 0 aliphatic heterocycles. The molecule has 7 heteroatoms. The van der Waals surface area contributed by atoms with Crippen molar-refractivity contribution in [3.05, 3.63) is 28.0 Å². The molecule has 0 saturated heterocycles. The van der Waals surface area contributed by atoms with Crippen molar-refractivity contribution in [3.8, 4) is 0 Å². The Kier molecular flexibility index (Phi) is 5.42. The first-order chi connectivity index (χ1) is 9.99. The zero-order valence-corrected chi connectivity index (χ0v) is 12.8. The Bertz CT molecular complexity index is 545. The zero-order chi connectivity index (χ0) is 15.4. The van der Waals surface area contributed by atoms with E-state index in [9.17, 15) is 14.7 Å². The van der Waals surface area contributed by atoms with Gasteiger partial charge in [-0.1, -0.05) is 42.5 Å². The summed E-state index contributed by atoms with van der Waals surface area (Å²) in [6.07, 6.45) is 4.68. The summed E-state index contributed by atoms with van der Waals surface area (Å²) in [6.45, 7) is 0. The number of aromatic nitrogens is 1. The molecular formula is C14H16Cl2N2O3. The highest BCUT2D eigenvalue weighted by molar-refractivity contribution is 6.34. The lowest BCUT2D eigenvalue weighted by Crippen LogP contribution is -2.46. The van der Waals surface area contributed by atoms with Crippen LogP contribution >= 0.6 is 23.2 Å². The third kappa shape index (κ3) is 4.08. The number of aliphatic carboxylic acids is 1. The number of carboxylic acids is 1. The fourth-order valence-electron chi connectivity index (χ4n) is 2.64. The lowest BCUT2D eigenvalue weighted by Gasteiger charge is -2.28. The zero-order valence-electron chi connectivity index (χ0n) is 11.3. The Labute approximate surface area is 132 Å². The predicted octanol–water partition coefficient (Wildman–Crippen LogP) is 3.15. The standard InChI is InChI=1S/C14H16Cl2N2O3/c15-9-6-7-10(16)17-12(9)13(19)18-11(14(20)21)8-4-2-1-3-5-8/h6-8,11H,1-5H2,(H,18,19)(H,20,21). The van der Waals surface area contributed by atoms with E-state index in [0.717, 1.165) is 32.1 Å². The molecule has 1 atom stereocenters. The van der Waals surface area contributed by atoms with Crippen molar-refractivity contribution >= 4 is 35.1 Å². The molecule has 0 bridgehead atoms. The van der Waals surface area contributed by atoms with Gasteiger partial charge in [-0.2, -0.15) is 0 Å². The van der Waals surface area contributed by atoms with Gasteiger partial charge in [-0.3, -0.25) is 4.79 Å². The van der Waals surface area contributed by atoms with Crippen LogP contribution in [0.3, 0.4) is 0 Å². The summed E-state index contributed by atoms with van der Waals surface area (Å²) in [7, 11) is 0. The molecule has 1 aromatic heterocycles. The Morgan fingerprint density at radius 1 is 1.24 bits per heavy atom. The summed E-state index contributed by atoms with van der Waals surface area (Å²) in [5.41, 5.74) is -0.0498. The van der Waals surface area contributed by atoms with E-state index in [-0.39, 0.29) is 21.8 Å². The fourth-order valence-corrected chi connectivity index (χ4v) is 2.97. The van der Waals surface area contributed by atoms with Crippen LogP contribution in [0.4, 0.5) is 0 Å². The normalized spacial score (nSPS) is 17.2. The Hall–Kier alpha value is -1.33. The summed E-state index contributed by atoms with van der Waals surface area (Å²) in [4.78, 5) is 27.5. The van der Waals surface area contributed by atoms with Gasteiger partial charge in [-0.05, 0) is 30.9 Å². The van der Waals surface area contributed by atoms with Gasteiger partial charge in [-0.15, -0.1) is 0 Å². The van der Waals surface area contributed by atoms with Crippen LogP contribution < -0.4 is 5.32 Å². The molecule has 2 N–H and O–H groups in total. The van der Waals surface area contributed by atoms with Crippen LogP contribution in [0.2, 0.25) is 10.2 Å². The summed E-state index contributed by atoms with van der Waals surface area (Å²) in [5, 5.41) is 12.2. The second-order valence-corrected chi connectivity index (χ2v) is 5.95. The van der Waals surface area contributed by atoms with Crippen molar-refractivity contribution < 1.29 is 14.7 Å². The highest BCUT2D eigenvalue weighted by Gasteiger charge is 2.31. The molecule has 1 aliphatic rings. The quantitative estimate of drug-likeness (QED) is 0.831. The largest absolute Gasteiger partial charge is 0.480 e. The van der Waals surface area contributed by atoms with Gasteiger partial charge in [0.15, 0.2) is 0 Å². The van der Waals surface area contributed by atoms with Crippen molar-refractivity contribution in [1.29, 1.82) is 0 Å². The Morgan fingerprint density at radius 3 is 2.52 bits per heavy atom. The fraction of sp³-hybridized carbons (Fsp3) is 0.500. The number of carboxylic acid groups (broad SMARTS) is 1. The van der Waals surface area contributed by atoms with E-state index in [1.165, 1.54) is 12.1 Å². The smallest absolute Gasteiger partial charge is 0.326 e. The molecule has 1 aromatic rings. The van der Waals surface area contributed by atoms with Gasteiger partial charge < -0.3 is 10.4 Å². The Balaban J connectivity index is 2.14.